The fraction of sp³-hybridized carbons (Fsp3) is 0.133. The molecule has 20 heavy (non-hydrogen) atoms. The van der Waals surface area contributed by atoms with Crippen molar-refractivity contribution in [2.45, 2.75) is 6.61 Å². The molecule has 0 heterocycles. The van der Waals surface area contributed by atoms with Gasteiger partial charge in [0.05, 0.1) is 17.7 Å². The van der Waals surface area contributed by atoms with E-state index in [1.54, 1.807) is 25.3 Å². The first-order chi connectivity index (χ1) is 9.61. The van der Waals surface area contributed by atoms with Crippen LogP contribution in [0.25, 0.3) is 0 Å². The molecule has 0 aliphatic heterocycles. The third-order valence-corrected chi connectivity index (χ3v) is 3.08. The summed E-state index contributed by atoms with van der Waals surface area (Å²) in [6.07, 6.45) is 0. The Morgan fingerprint density at radius 1 is 1.25 bits per heavy atom. The molecule has 2 aromatic rings. The first kappa shape index (κ1) is 14.2. The summed E-state index contributed by atoms with van der Waals surface area (Å²) in [5.74, 6) is 0.171. The van der Waals surface area contributed by atoms with Crippen LogP contribution in [-0.2, 0) is 11.3 Å². The monoisotopic (exact) mass is 291 g/mol. The van der Waals surface area contributed by atoms with Crippen molar-refractivity contribution in [3.63, 3.8) is 0 Å². The summed E-state index contributed by atoms with van der Waals surface area (Å²) >= 11 is 5.96. The van der Waals surface area contributed by atoms with Gasteiger partial charge in [0.2, 0.25) is 0 Å². The highest BCUT2D eigenvalue weighted by Crippen LogP contribution is 2.22. The van der Waals surface area contributed by atoms with Crippen LogP contribution in [0, 0.1) is 0 Å². The van der Waals surface area contributed by atoms with Crippen molar-refractivity contribution in [1.82, 2.24) is 0 Å². The molecule has 2 aromatic carbocycles. The molecule has 0 aromatic heterocycles. The Morgan fingerprint density at radius 2 is 2.00 bits per heavy atom. The minimum Gasteiger partial charge on any atom is -0.496 e. The lowest BCUT2D eigenvalue weighted by molar-refractivity contribution is 0.0470. The lowest BCUT2D eigenvalue weighted by Crippen LogP contribution is -2.07. The molecule has 0 saturated carbocycles. The van der Waals surface area contributed by atoms with E-state index in [0.717, 1.165) is 5.56 Å². The molecule has 0 atom stereocenters. The summed E-state index contributed by atoms with van der Waals surface area (Å²) in [4.78, 5) is 12.0. The van der Waals surface area contributed by atoms with Gasteiger partial charge in [-0.05, 0) is 24.3 Å². The number of carbonyl (C=O) groups is 1. The van der Waals surface area contributed by atoms with Gasteiger partial charge in [-0.2, -0.15) is 0 Å². The second kappa shape index (κ2) is 6.30. The van der Waals surface area contributed by atoms with Gasteiger partial charge in [-0.1, -0.05) is 29.8 Å². The topological polar surface area (TPSA) is 61.5 Å². The molecular weight excluding hydrogens is 278 g/mol. The third-order valence-electron chi connectivity index (χ3n) is 2.76. The Morgan fingerprint density at radius 3 is 2.70 bits per heavy atom. The highest BCUT2D eigenvalue weighted by atomic mass is 35.5. The average Bonchev–Trinajstić information content (AvgIpc) is 2.45. The number of rotatable bonds is 4. The standard InChI is InChI=1S/C15H14ClNO3/c1-19-14-5-3-2-4-10(14)9-20-15(18)12-7-6-11(17)8-13(12)16/h2-8H,9,17H2,1H3. The minimum atomic E-state index is -0.499. The van der Waals surface area contributed by atoms with Crippen LogP contribution >= 0.6 is 11.6 Å². The number of carbonyl (C=O) groups excluding carboxylic acids is 1. The zero-order valence-corrected chi connectivity index (χ0v) is 11.7. The van der Waals surface area contributed by atoms with E-state index in [4.69, 9.17) is 26.8 Å². The molecule has 2 N–H and O–H groups in total. The van der Waals surface area contributed by atoms with Gasteiger partial charge in [0.1, 0.15) is 12.4 Å². The minimum absolute atomic E-state index is 0.115. The zero-order chi connectivity index (χ0) is 14.5. The van der Waals surface area contributed by atoms with Gasteiger partial charge in [0.25, 0.3) is 0 Å². The third kappa shape index (κ3) is 3.22. The Kier molecular flexibility index (Phi) is 4.48. The summed E-state index contributed by atoms with van der Waals surface area (Å²) < 4.78 is 10.4. The maximum absolute atomic E-state index is 12.0. The molecule has 104 valence electrons. The summed E-state index contributed by atoms with van der Waals surface area (Å²) in [5, 5.41) is 0.273. The van der Waals surface area contributed by atoms with E-state index in [2.05, 4.69) is 0 Å². The van der Waals surface area contributed by atoms with Crippen molar-refractivity contribution in [3.05, 3.63) is 58.6 Å². The van der Waals surface area contributed by atoms with E-state index < -0.39 is 5.97 Å². The normalized spacial score (nSPS) is 10.1. The largest absolute Gasteiger partial charge is 0.496 e. The predicted molar refractivity (Wildman–Crippen MR) is 78.0 cm³/mol. The van der Waals surface area contributed by atoms with Crippen molar-refractivity contribution in [3.8, 4) is 5.75 Å². The van der Waals surface area contributed by atoms with Crippen LogP contribution in [0.5, 0.6) is 5.75 Å². The summed E-state index contributed by atoms with van der Waals surface area (Å²) in [7, 11) is 1.57. The SMILES string of the molecule is COc1ccccc1COC(=O)c1ccc(N)cc1Cl. The maximum atomic E-state index is 12.0. The quantitative estimate of drug-likeness (QED) is 0.693. The van der Waals surface area contributed by atoms with Crippen LogP contribution in [0.3, 0.4) is 0 Å². The second-order valence-electron chi connectivity index (χ2n) is 4.13. The maximum Gasteiger partial charge on any atom is 0.339 e. The van der Waals surface area contributed by atoms with Crippen LogP contribution < -0.4 is 10.5 Å². The van der Waals surface area contributed by atoms with Crippen molar-refractivity contribution < 1.29 is 14.3 Å². The van der Waals surface area contributed by atoms with E-state index in [1.165, 1.54) is 6.07 Å². The number of nitrogen functional groups attached to an aromatic ring is 1. The lowest BCUT2D eigenvalue weighted by atomic mass is 10.2. The molecule has 0 aliphatic rings. The van der Waals surface area contributed by atoms with E-state index in [9.17, 15) is 4.79 Å². The number of methoxy groups -OCH3 is 1. The molecule has 5 heteroatoms. The smallest absolute Gasteiger partial charge is 0.339 e. The molecule has 0 fully saturated rings. The molecule has 0 saturated heterocycles. The molecule has 0 bridgehead atoms. The molecule has 0 unspecified atom stereocenters. The number of hydrogen-bond acceptors (Lipinski definition) is 4. The molecule has 0 amide bonds. The Bertz CT molecular complexity index is 628. The molecular formula is C15H14ClNO3. The van der Waals surface area contributed by atoms with Gasteiger partial charge in [-0.15, -0.1) is 0 Å². The van der Waals surface area contributed by atoms with Crippen molar-refractivity contribution in [2.75, 3.05) is 12.8 Å². The van der Waals surface area contributed by atoms with Gasteiger partial charge in [-0.25, -0.2) is 4.79 Å². The van der Waals surface area contributed by atoms with Crippen molar-refractivity contribution >= 4 is 23.3 Å². The van der Waals surface area contributed by atoms with Gasteiger partial charge in [-0.3, -0.25) is 0 Å². The fourth-order valence-corrected chi connectivity index (χ4v) is 2.01. The van der Waals surface area contributed by atoms with Crippen LogP contribution in [-0.4, -0.2) is 13.1 Å². The number of hydrogen-bond donors (Lipinski definition) is 1. The number of ether oxygens (including phenoxy) is 2. The molecule has 2 rings (SSSR count). The first-order valence-corrected chi connectivity index (χ1v) is 6.33. The highest BCUT2D eigenvalue weighted by molar-refractivity contribution is 6.33. The summed E-state index contributed by atoms with van der Waals surface area (Å²) in [6.45, 7) is 0.115. The molecule has 0 radical (unpaired) electrons. The Labute approximate surface area is 122 Å². The van der Waals surface area contributed by atoms with E-state index in [0.29, 0.717) is 11.4 Å². The number of nitrogens with two attached hydrogens (primary N) is 1. The van der Waals surface area contributed by atoms with Crippen LogP contribution in [0.15, 0.2) is 42.5 Å². The number of halogens is 1. The van der Waals surface area contributed by atoms with Gasteiger partial charge in [0, 0.05) is 11.3 Å². The lowest BCUT2D eigenvalue weighted by Gasteiger charge is -2.10. The molecule has 4 nitrogen and oxygen atoms in total. The van der Waals surface area contributed by atoms with Gasteiger partial charge >= 0.3 is 5.97 Å². The highest BCUT2D eigenvalue weighted by Gasteiger charge is 2.13. The summed E-state index contributed by atoms with van der Waals surface area (Å²) in [5.41, 5.74) is 7.15. The van der Waals surface area contributed by atoms with Gasteiger partial charge in [0.15, 0.2) is 0 Å². The Balaban J connectivity index is 2.09. The van der Waals surface area contributed by atoms with Crippen LogP contribution in [0.2, 0.25) is 5.02 Å². The van der Waals surface area contributed by atoms with Crippen LogP contribution in [0.1, 0.15) is 15.9 Å². The molecule has 0 spiro atoms. The van der Waals surface area contributed by atoms with Crippen molar-refractivity contribution in [2.24, 2.45) is 0 Å². The fourth-order valence-electron chi connectivity index (χ4n) is 1.74. The van der Waals surface area contributed by atoms with E-state index >= 15 is 0 Å². The van der Waals surface area contributed by atoms with Crippen LogP contribution in [0.4, 0.5) is 5.69 Å². The zero-order valence-electron chi connectivity index (χ0n) is 10.9. The number of anilines is 1. The number of benzene rings is 2. The number of para-hydroxylation sites is 1. The second-order valence-corrected chi connectivity index (χ2v) is 4.53. The Hall–Kier alpha value is -2.20. The number of esters is 1. The van der Waals surface area contributed by atoms with Gasteiger partial charge < -0.3 is 15.2 Å². The predicted octanol–water partition coefficient (Wildman–Crippen LogP) is 3.29. The average molecular weight is 292 g/mol. The first-order valence-electron chi connectivity index (χ1n) is 5.96. The van der Waals surface area contributed by atoms with E-state index in [1.807, 2.05) is 18.2 Å². The molecule has 0 aliphatic carbocycles. The van der Waals surface area contributed by atoms with Crippen molar-refractivity contribution in [1.29, 1.82) is 0 Å². The van der Waals surface area contributed by atoms with E-state index in [-0.39, 0.29) is 17.2 Å². The summed E-state index contributed by atoms with van der Waals surface area (Å²) in [6, 6.07) is 12.0.